The van der Waals surface area contributed by atoms with E-state index in [1.165, 1.54) is 52.0 Å². The lowest BCUT2D eigenvalue weighted by Crippen LogP contribution is -2.40. The van der Waals surface area contributed by atoms with Crippen molar-refractivity contribution >= 4 is 0 Å². The van der Waals surface area contributed by atoms with Crippen LogP contribution in [0.3, 0.4) is 0 Å². The molecule has 0 aromatic carbocycles. The van der Waals surface area contributed by atoms with Crippen LogP contribution in [0.25, 0.3) is 0 Å². The second kappa shape index (κ2) is 5.72. The Morgan fingerprint density at radius 2 is 1.79 bits per heavy atom. The Morgan fingerprint density at radius 1 is 1.14 bits per heavy atom. The summed E-state index contributed by atoms with van der Waals surface area (Å²) in [6, 6.07) is 0. The summed E-state index contributed by atoms with van der Waals surface area (Å²) < 4.78 is 0. The zero-order valence-corrected chi connectivity index (χ0v) is 10.1. The second-order valence-corrected chi connectivity index (χ2v) is 4.36. The number of likely N-dealkylation sites (tertiary alicyclic amines) is 1. The Morgan fingerprint density at radius 3 is 2.21 bits per heavy atom. The van der Waals surface area contributed by atoms with Crippen molar-refractivity contribution in [3.8, 4) is 0 Å². The standard InChI is InChI=1S/C10H20N2.C2H6/c1-2-12-7-4-10(5-8-12)3-6-11-9-10;1-2/h11H,2-9H2,1H3;1-2H3. The van der Waals surface area contributed by atoms with Crippen molar-refractivity contribution in [2.24, 2.45) is 5.41 Å². The maximum Gasteiger partial charge on any atom is 0.000924 e. The third kappa shape index (κ3) is 2.71. The minimum atomic E-state index is 0.700. The first-order valence-corrected chi connectivity index (χ1v) is 6.28. The number of nitrogens with zero attached hydrogens (tertiary/aromatic N) is 1. The Kier molecular flexibility index (Phi) is 4.90. The maximum absolute atomic E-state index is 3.50. The molecule has 2 rings (SSSR count). The van der Waals surface area contributed by atoms with E-state index in [4.69, 9.17) is 0 Å². The third-order valence-corrected chi connectivity index (χ3v) is 3.70. The molecule has 84 valence electrons. The molecule has 14 heavy (non-hydrogen) atoms. The highest BCUT2D eigenvalue weighted by Crippen LogP contribution is 2.36. The molecule has 0 amide bonds. The molecule has 2 saturated heterocycles. The summed E-state index contributed by atoms with van der Waals surface area (Å²) in [7, 11) is 0. The van der Waals surface area contributed by atoms with Gasteiger partial charge >= 0.3 is 0 Å². The van der Waals surface area contributed by atoms with Crippen molar-refractivity contribution in [1.82, 2.24) is 10.2 Å². The van der Waals surface area contributed by atoms with E-state index in [1.54, 1.807) is 0 Å². The smallest absolute Gasteiger partial charge is 0.000924 e. The molecule has 0 atom stereocenters. The quantitative estimate of drug-likeness (QED) is 0.694. The number of nitrogens with one attached hydrogen (secondary N) is 1. The molecule has 2 fully saturated rings. The van der Waals surface area contributed by atoms with Gasteiger partial charge in [0, 0.05) is 6.54 Å². The van der Waals surface area contributed by atoms with Gasteiger partial charge in [0.2, 0.25) is 0 Å². The van der Waals surface area contributed by atoms with Gasteiger partial charge in [-0.2, -0.15) is 0 Å². The van der Waals surface area contributed by atoms with E-state index in [2.05, 4.69) is 17.1 Å². The van der Waals surface area contributed by atoms with Crippen molar-refractivity contribution in [2.45, 2.75) is 40.0 Å². The first-order chi connectivity index (χ1) is 6.85. The first kappa shape index (κ1) is 12.0. The zero-order valence-electron chi connectivity index (χ0n) is 10.1. The topological polar surface area (TPSA) is 15.3 Å². The van der Waals surface area contributed by atoms with Crippen LogP contribution in [0.2, 0.25) is 0 Å². The third-order valence-electron chi connectivity index (χ3n) is 3.70. The molecule has 0 saturated carbocycles. The Balaban J connectivity index is 0.000000461. The molecule has 0 bridgehead atoms. The molecule has 2 aliphatic heterocycles. The molecule has 0 aromatic heterocycles. The van der Waals surface area contributed by atoms with Crippen LogP contribution in [0.5, 0.6) is 0 Å². The van der Waals surface area contributed by atoms with E-state index in [9.17, 15) is 0 Å². The van der Waals surface area contributed by atoms with Crippen LogP contribution in [0.4, 0.5) is 0 Å². The molecule has 2 heteroatoms. The molecule has 1 N–H and O–H groups in total. The molecule has 0 aliphatic carbocycles. The summed E-state index contributed by atoms with van der Waals surface area (Å²) in [6.45, 7) is 12.7. The molecule has 0 aromatic rings. The molecule has 0 radical (unpaired) electrons. The van der Waals surface area contributed by atoms with Crippen LogP contribution >= 0.6 is 0 Å². The van der Waals surface area contributed by atoms with Crippen molar-refractivity contribution in [3.63, 3.8) is 0 Å². The van der Waals surface area contributed by atoms with Crippen LogP contribution in [0.1, 0.15) is 40.0 Å². The van der Waals surface area contributed by atoms with Crippen LogP contribution in [-0.4, -0.2) is 37.6 Å². The van der Waals surface area contributed by atoms with Crippen LogP contribution < -0.4 is 5.32 Å². The van der Waals surface area contributed by atoms with Crippen molar-refractivity contribution in [1.29, 1.82) is 0 Å². The van der Waals surface area contributed by atoms with E-state index in [0.717, 1.165) is 0 Å². The highest BCUT2D eigenvalue weighted by atomic mass is 15.1. The van der Waals surface area contributed by atoms with Crippen LogP contribution in [0, 0.1) is 5.41 Å². The summed E-state index contributed by atoms with van der Waals surface area (Å²) in [5, 5.41) is 3.50. The molecule has 2 heterocycles. The highest BCUT2D eigenvalue weighted by Gasteiger charge is 2.36. The molecular weight excluding hydrogens is 172 g/mol. The largest absolute Gasteiger partial charge is 0.316 e. The minimum absolute atomic E-state index is 0.700. The maximum atomic E-state index is 3.50. The lowest BCUT2D eigenvalue weighted by molar-refractivity contribution is 0.124. The van der Waals surface area contributed by atoms with Crippen molar-refractivity contribution in [2.75, 3.05) is 32.7 Å². The SMILES string of the molecule is CC.CCN1CCC2(CCNC2)CC1. The fraction of sp³-hybridized carbons (Fsp3) is 1.00. The summed E-state index contributed by atoms with van der Waals surface area (Å²) >= 11 is 0. The number of hydrogen-bond acceptors (Lipinski definition) is 2. The summed E-state index contributed by atoms with van der Waals surface area (Å²) in [4.78, 5) is 2.57. The van der Waals surface area contributed by atoms with Crippen LogP contribution in [-0.2, 0) is 0 Å². The average molecular weight is 198 g/mol. The van der Waals surface area contributed by atoms with Crippen molar-refractivity contribution < 1.29 is 0 Å². The number of hydrogen-bond donors (Lipinski definition) is 1. The van der Waals surface area contributed by atoms with Crippen LogP contribution in [0.15, 0.2) is 0 Å². The predicted octanol–water partition coefficient (Wildman–Crippen LogP) is 2.11. The van der Waals surface area contributed by atoms with Gasteiger partial charge in [0.25, 0.3) is 0 Å². The molecular formula is C12H26N2. The Bertz CT molecular complexity index is 140. The second-order valence-electron chi connectivity index (χ2n) is 4.36. The molecule has 1 spiro atoms. The van der Waals surface area contributed by atoms with E-state index in [-0.39, 0.29) is 0 Å². The minimum Gasteiger partial charge on any atom is -0.316 e. The summed E-state index contributed by atoms with van der Waals surface area (Å²) in [5.41, 5.74) is 0.700. The fourth-order valence-electron chi connectivity index (χ4n) is 2.57. The van der Waals surface area contributed by atoms with Gasteiger partial charge in [0.05, 0.1) is 0 Å². The summed E-state index contributed by atoms with van der Waals surface area (Å²) in [6.07, 6.45) is 4.27. The number of piperidine rings is 1. The van der Waals surface area contributed by atoms with E-state index in [0.29, 0.717) is 5.41 Å². The van der Waals surface area contributed by atoms with E-state index < -0.39 is 0 Å². The van der Waals surface area contributed by atoms with E-state index >= 15 is 0 Å². The highest BCUT2D eigenvalue weighted by molar-refractivity contribution is 4.91. The number of rotatable bonds is 1. The average Bonchev–Trinajstić information content (AvgIpc) is 2.71. The molecule has 2 aliphatic rings. The zero-order chi connectivity index (χ0) is 10.4. The first-order valence-electron chi connectivity index (χ1n) is 6.28. The predicted molar refractivity (Wildman–Crippen MR) is 62.6 cm³/mol. The van der Waals surface area contributed by atoms with Gasteiger partial charge in [0.15, 0.2) is 0 Å². The normalized spacial score (nSPS) is 25.9. The lowest BCUT2D eigenvalue weighted by atomic mass is 9.78. The van der Waals surface area contributed by atoms with Gasteiger partial charge in [-0.1, -0.05) is 20.8 Å². The van der Waals surface area contributed by atoms with Gasteiger partial charge in [-0.25, -0.2) is 0 Å². The molecule has 2 nitrogen and oxygen atoms in total. The van der Waals surface area contributed by atoms with Crippen molar-refractivity contribution in [3.05, 3.63) is 0 Å². The Hall–Kier alpha value is -0.0800. The van der Waals surface area contributed by atoms with Gasteiger partial charge in [0.1, 0.15) is 0 Å². The summed E-state index contributed by atoms with van der Waals surface area (Å²) in [5.74, 6) is 0. The lowest BCUT2D eigenvalue weighted by Gasteiger charge is -2.38. The van der Waals surface area contributed by atoms with Gasteiger partial charge in [-0.15, -0.1) is 0 Å². The van der Waals surface area contributed by atoms with Gasteiger partial charge in [-0.3, -0.25) is 0 Å². The monoisotopic (exact) mass is 198 g/mol. The van der Waals surface area contributed by atoms with Gasteiger partial charge in [-0.05, 0) is 50.9 Å². The van der Waals surface area contributed by atoms with Gasteiger partial charge < -0.3 is 10.2 Å². The molecule has 0 unspecified atom stereocenters. The Labute approximate surface area is 89.1 Å². The van der Waals surface area contributed by atoms with E-state index in [1.807, 2.05) is 13.8 Å². The fourth-order valence-corrected chi connectivity index (χ4v) is 2.57.